The molecule has 0 radical (unpaired) electrons. The number of benzene rings is 1. The first-order valence-corrected chi connectivity index (χ1v) is 5.50. The van der Waals surface area contributed by atoms with Crippen LogP contribution in [0.2, 0.25) is 0 Å². The Labute approximate surface area is 95.3 Å². The SMILES string of the molecule is CCC(N)c1cc(-c2ccc(C)cc2)no1. The van der Waals surface area contributed by atoms with E-state index in [4.69, 9.17) is 10.3 Å². The maximum atomic E-state index is 5.88. The molecule has 1 aromatic heterocycles. The molecule has 0 bridgehead atoms. The molecule has 0 aliphatic rings. The quantitative estimate of drug-likeness (QED) is 0.857. The molecular weight excluding hydrogens is 200 g/mol. The molecule has 1 heterocycles. The first kappa shape index (κ1) is 10.9. The van der Waals surface area contributed by atoms with E-state index in [0.717, 1.165) is 23.4 Å². The first-order valence-electron chi connectivity index (χ1n) is 5.50. The number of nitrogens with two attached hydrogens (primary N) is 1. The molecule has 1 atom stereocenters. The lowest BCUT2D eigenvalue weighted by atomic mass is 10.1. The molecule has 0 aliphatic carbocycles. The van der Waals surface area contributed by atoms with Gasteiger partial charge >= 0.3 is 0 Å². The van der Waals surface area contributed by atoms with Gasteiger partial charge in [0.25, 0.3) is 0 Å². The van der Waals surface area contributed by atoms with Crippen molar-refractivity contribution in [2.45, 2.75) is 26.3 Å². The van der Waals surface area contributed by atoms with Gasteiger partial charge in [0.2, 0.25) is 0 Å². The second-order valence-corrected chi connectivity index (χ2v) is 4.00. The third-order valence-corrected chi connectivity index (χ3v) is 2.68. The van der Waals surface area contributed by atoms with Crippen molar-refractivity contribution in [3.05, 3.63) is 41.7 Å². The number of hydrogen-bond donors (Lipinski definition) is 1. The molecule has 0 amide bonds. The summed E-state index contributed by atoms with van der Waals surface area (Å²) in [6, 6.07) is 10.0. The highest BCUT2D eigenvalue weighted by Crippen LogP contribution is 2.22. The van der Waals surface area contributed by atoms with Gasteiger partial charge in [-0.25, -0.2) is 0 Å². The highest BCUT2D eigenvalue weighted by atomic mass is 16.5. The van der Waals surface area contributed by atoms with Crippen molar-refractivity contribution < 1.29 is 4.52 Å². The lowest BCUT2D eigenvalue weighted by Crippen LogP contribution is -2.06. The van der Waals surface area contributed by atoms with Crippen molar-refractivity contribution in [1.29, 1.82) is 0 Å². The molecule has 1 aromatic carbocycles. The van der Waals surface area contributed by atoms with Gasteiger partial charge in [-0.2, -0.15) is 0 Å². The molecule has 0 saturated heterocycles. The average molecular weight is 216 g/mol. The summed E-state index contributed by atoms with van der Waals surface area (Å²) in [6.45, 7) is 4.09. The van der Waals surface area contributed by atoms with E-state index in [1.807, 2.05) is 25.1 Å². The Hall–Kier alpha value is -1.61. The minimum atomic E-state index is -0.0632. The molecule has 0 fully saturated rings. The summed E-state index contributed by atoms with van der Waals surface area (Å²) in [5.41, 5.74) is 9.02. The molecule has 0 aliphatic heterocycles. The van der Waals surface area contributed by atoms with E-state index in [-0.39, 0.29) is 6.04 Å². The number of hydrogen-bond acceptors (Lipinski definition) is 3. The van der Waals surface area contributed by atoms with E-state index in [1.54, 1.807) is 0 Å². The largest absolute Gasteiger partial charge is 0.359 e. The number of rotatable bonds is 3. The van der Waals surface area contributed by atoms with Crippen molar-refractivity contribution >= 4 is 0 Å². The van der Waals surface area contributed by atoms with E-state index < -0.39 is 0 Å². The normalized spacial score (nSPS) is 12.7. The van der Waals surface area contributed by atoms with Gasteiger partial charge in [-0.15, -0.1) is 0 Å². The fourth-order valence-electron chi connectivity index (χ4n) is 1.53. The van der Waals surface area contributed by atoms with Crippen LogP contribution in [0.15, 0.2) is 34.9 Å². The van der Waals surface area contributed by atoms with Crippen LogP contribution in [0.5, 0.6) is 0 Å². The van der Waals surface area contributed by atoms with Crippen molar-refractivity contribution in [3.8, 4) is 11.3 Å². The topological polar surface area (TPSA) is 52.0 Å². The van der Waals surface area contributed by atoms with E-state index in [2.05, 4.69) is 24.2 Å². The zero-order valence-electron chi connectivity index (χ0n) is 9.60. The molecule has 1 unspecified atom stereocenters. The number of aryl methyl sites for hydroxylation is 1. The van der Waals surface area contributed by atoms with Crippen LogP contribution in [0.1, 0.15) is 30.7 Å². The van der Waals surface area contributed by atoms with Gasteiger partial charge < -0.3 is 10.3 Å². The summed E-state index contributed by atoms with van der Waals surface area (Å²) in [6.07, 6.45) is 0.850. The van der Waals surface area contributed by atoms with Gasteiger partial charge in [0.15, 0.2) is 5.76 Å². The third kappa shape index (κ3) is 2.14. The highest BCUT2D eigenvalue weighted by Gasteiger charge is 2.11. The molecular formula is C13H16N2O. The van der Waals surface area contributed by atoms with Crippen LogP contribution in [0.3, 0.4) is 0 Å². The standard InChI is InChI=1S/C13H16N2O/c1-3-11(14)13-8-12(15-16-13)10-6-4-9(2)5-7-10/h4-8,11H,3,14H2,1-2H3. The van der Waals surface area contributed by atoms with E-state index in [9.17, 15) is 0 Å². The molecule has 3 nitrogen and oxygen atoms in total. The van der Waals surface area contributed by atoms with Gasteiger partial charge in [0.1, 0.15) is 5.69 Å². The maximum absolute atomic E-state index is 5.88. The molecule has 16 heavy (non-hydrogen) atoms. The highest BCUT2D eigenvalue weighted by molar-refractivity contribution is 5.59. The summed E-state index contributed by atoms with van der Waals surface area (Å²) in [7, 11) is 0. The minimum Gasteiger partial charge on any atom is -0.359 e. The van der Waals surface area contributed by atoms with Crippen LogP contribution in [0, 0.1) is 6.92 Å². The molecule has 3 heteroatoms. The molecule has 0 spiro atoms. The Balaban J connectivity index is 2.28. The average Bonchev–Trinajstić information content (AvgIpc) is 2.78. The van der Waals surface area contributed by atoms with Crippen LogP contribution in [-0.2, 0) is 0 Å². The number of nitrogens with zero attached hydrogens (tertiary/aromatic N) is 1. The van der Waals surface area contributed by atoms with E-state index in [1.165, 1.54) is 5.56 Å². The Morgan fingerprint density at radius 1 is 1.31 bits per heavy atom. The summed E-state index contributed by atoms with van der Waals surface area (Å²) in [4.78, 5) is 0. The molecule has 84 valence electrons. The Bertz CT molecular complexity index is 459. The Kier molecular flexibility index (Phi) is 3.06. The third-order valence-electron chi connectivity index (χ3n) is 2.68. The van der Waals surface area contributed by atoms with Crippen molar-refractivity contribution in [2.75, 3.05) is 0 Å². The summed E-state index contributed by atoms with van der Waals surface area (Å²) in [5, 5.41) is 4.03. The monoisotopic (exact) mass is 216 g/mol. The van der Waals surface area contributed by atoms with Gasteiger partial charge in [-0.05, 0) is 13.3 Å². The fourth-order valence-corrected chi connectivity index (χ4v) is 1.53. The van der Waals surface area contributed by atoms with Crippen LogP contribution in [0.25, 0.3) is 11.3 Å². The zero-order valence-corrected chi connectivity index (χ0v) is 9.60. The zero-order chi connectivity index (χ0) is 11.5. The second kappa shape index (κ2) is 4.49. The predicted molar refractivity (Wildman–Crippen MR) is 63.9 cm³/mol. The van der Waals surface area contributed by atoms with Gasteiger partial charge in [0.05, 0.1) is 6.04 Å². The minimum absolute atomic E-state index is 0.0632. The lowest BCUT2D eigenvalue weighted by Gasteiger charge is -2.00. The molecule has 2 rings (SSSR count). The smallest absolute Gasteiger partial charge is 0.154 e. The summed E-state index contributed by atoms with van der Waals surface area (Å²) < 4.78 is 5.23. The molecule has 2 aromatic rings. The Morgan fingerprint density at radius 3 is 2.62 bits per heavy atom. The van der Waals surface area contributed by atoms with Gasteiger partial charge in [-0.3, -0.25) is 0 Å². The maximum Gasteiger partial charge on any atom is 0.154 e. The van der Waals surface area contributed by atoms with Gasteiger partial charge in [-0.1, -0.05) is 41.9 Å². The molecule has 0 saturated carbocycles. The first-order chi connectivity index (χ1) is 7.70. The predicted octanol–water partition coefficient (Wildman–Crippen LogP) is 3.06. The summed E-state index contributed by atoms with van der Waals surface area (Å²) >= 11 is 0. The van der Waals surface area contributed by atoms with Crippen molar-refractivity contribution in [1.82, 2.24) is 5.16 Å². The van der Waals surface area contributed by atoms with Crippen LogP contribution in [-0.4, -0.2) is 5.16 Å². The number of aromatic nitrogens is 1. The van der Waals surface area contributed by atoms with Crippen molar-refractivity contribution in [3.63, 3.8) is 0 Å². The lowest BCUT2D eigenvalue weighted by molar-refractivity contribution is 0.360. The van der Waals surface area contributed by atoms with Gasteiger partial charge in [0, 0.05) is 11.6 Å². The molecule has 2 N–H and O–H groups in total. The van der Waals surface area contributed by atoms with E-state index >= 15 is 0 Å². The van der Waals surface area contributed by atoms with Crippen LogP contribution >= 0.6 is 0 Å². The summed E-state index contributed by atoms with van der Waals surface area (Å²) in [5.74, 6) is 0.748. The van der Waals surface area contributed by atoms with Crippen LogP contribution in [0.4, 0.5) is 0 Å². The Morgan fingerprint density at radius 2 is 2.00 bits per heavy atom. The fraction of sp³-hybridized carbons (Fsp3) is 0.308. The second-order valence-electron chi connectivity index (χ2n) is 4.00. The van der Waals surface area contributed by atoms with Crippen LogP contribution < -0.4 is 5.73 Å². The van der Waals surface area contributed by atoms with E-state index in [0.29, 0.717) is 0 Å². The van der Waals surface area contributed by atoms with Crippen molar-refractivity contribution in [2.24, 2.45) is 5.73 Å².